The SMILES string of the molecule is Cc1cnc(CN(CCCO)C(C)C)c(C)c1[N+](=O)[O-]. The molecule has 1 N–H and O–H groups in total. The lowest BCUT2D eigenvalue weighted by atomic mass is 10.1. The van der Waals surface area contributed by atoms with Crippen molar-refractivity contribution in [2.75, 3.05) is 13.2 Å². The molecule has 1 aromatic heterocycles. The highest BCUT2D eigenvalue weighted by Gasteiger charge is 2.20. The number of nitrogens with zero attached hydrogens (tertiary/aromatic N) is 3. The fraction of sp³-hybridized carbons (Fsp3) is 0.643. The number of aliphatic hydroxyl groups excluding tert-OH is 1. The van der Waals surface area contributed by atoms with Gasteiger partial charge in [-0.1, -0.05) is 0 Å². The molecule has 0 aliphatic carbocycles. The summed E-state index contributed by atoms with van der Waals surface area (Å²) < 4.78 is 0. The average molecular weight is 281 g/mol. The van der Waals surface area contributed by atoms with Gasteiger partial charge in [0, 0.05) is 43.1 Å². The summed E-state index contributed by atoms with van der Waals surface area (Å²) >= 11 is 0. The van der Waals surface area contributed by atoms with Crippen LogP contribution >= 0.6 is 0 Å². The van der Waals surface area contributed by atoms with Gasteiger partial charge in [-0.25, -0.2) is 0 Å². The molecule has 112 valence electrons. The molecular formula is C14H23N3O3. The van der Waals surface area contributed by atoms with Crippen LogP contribution in [0, 0.1) is 24.0 Å². The van der Waals surface area contributed by atoms with Crippen molar-refractivity contribution < 1.29 is 10.0 Å². The van der Waals surface area contributed by atoms with Crippen molar-refractivity contribution in [3.05, 3.63) is 33.1 Å². The lowest BCUT2D eigenvalue weighted by Gasteiger charge is -2.26. The molecule has 0 amide bonds. The minimum atomic E-state index is -0.344. The minimum absolute atomic E-state index is 0.143. The number of aryl methyl sites for hydroxylation is 1. The van der Waals surface area contributed by atoms with Gasteiger partial charge in [0.1, 0.15) is 0 Å². The van der Waals surface area contributed by atoms with Crippen molar-refractivity contribution in [1.82, 2.24) is 9.88 Å². The van der Waals surface area contributed by atoms with E-state index in [0.717, 1.165) is 12.2 Å². The summed E-state index contributed by atoms with van der Waals surface area (Å²) in [5, 5.41) is 20.1. The Labute approximate surface area is 119 Å². The maximum Gasteiger partial charge on any atom is 0.278 e. The first-order chi connectivity index (χ1) is 9.38. The van der Waals surface area contributed by atoms with E-state index in [-0.39, 0.29) is 17.2 Å². The van der Waals surface area contributed by atoms with E-state index in [4.69, 9.17) is 5.11 Å². The first-order valence-electron chi connectivity index (χ1n) is 6.82. The Kier molecular flexibility index (Phi) is 6.04. The largest absolute Gasteiger partial charge is 0.396 e. The standard InChI is InChI=1S/C14H23N3O3/c1-10(2)16(6-5-7-18)9-13-12(4)14(17(19)20)11(3)8-15-13/h8,10,18H,5-7,9H2,1-4H3. The first-order valence-corrected chi connectivity index (χ1v) is 6.82. The molecule has 6 nitrogen and oxygen atoms in total. The molecule has 0 radical (unpaired) electrons. The van der Waals surface area contributed by atoms with E-state index in [1.165, 1.54) is 0 Å². The molecule has 0 spiro atoms. The van der Waals surface area contributed by atoms with Gasteiger partial charge >= 0.3 is 0 Å². The van der Waals surface area contributed by atoms with Gasteiger partial charge in [-0.3, -0.25) is 20.0 Å². The lowest BCUT2D eigenvalue weighted by molar-refractivity contribution is -0.386. The van der Waals surface area contributed by atoms with Gasteiger partial charge in [-0.15, -0.1) is 0 Å². The van der Waals surface area contributed by atoms with Crippen molar-refractivity contribution in [2.45, 2.75) is 46.7 Å². The summed E-state index contributed by atoms with van der Waals surface area (Å²) in [6.45, 7) is 9.03. The number of hydrogen-bond acceptors (Lipinski definition) is 5. The molecule has 0 unspecified atom stereocenters. The van der Waals surface area contributed by atoms with Gasteiger partial charge in [-0.2, -0.15) is 0 Å². The third-order valence-electron chi connectivity index (χ3n) is 3.44. The second-order valence-electron chi connectivity index (χ2n) is 5.26. The molecule has 0 aromatic carbocycles. The molecule has 20 heavy (non-hydrogen) atoms. The highest BCUT2D eigenvalue weighted by atomic mass is 16.6. The van der Waals surface area contributed by atoms with Crippen LogP contribution < -0.4 is 0 Å². The molecule has 0 aliphatic heterocycles. The Morgan fingerprint density at radius 2 is 2.10 bits per heavy atom. The highest BCUT2D eigenvalue weighted by molar-refractivity contribution is 5.47. The quantitative estimate of drug-likeness (QED) is 0.612. The van der Waals surface area contributed by atoms with Gasteiger partial charge in [0.15, 0.2) is 0 Å². The van der Waals surface area contributed by atoms with E-state index in [2.05, 4.69) is 23.7 Å². The number of rotatable bonds is 7. The van der Waals surface area contributed by atoms with Crippen molar-refractivity contribution in [1.29, 1.82) is 0 Å². The zero-order chi connectivity index (χ0) is 15.3. The maximum atomic E-state index is 11.1. The van der Waals surface area contributed by atoms with Gasteiger partial charge in [-0.05, 0) is 34.1 Å². The summed E-state index contributed by atoms with van der Waals surface area (Å²) in [5.74, 6) is 0. The highest BCUT2D eigenvalue weighted by Crippen LogP contribution is 2.25. The molecule has 6 heteroatoms. The summed E-state index contributed by atoms with van der Waals surface area (Å²) in [5.41, 5.74) is 2.10. The van der Waals surface area contributed by atoms with Crippen molar-refractivity contribution in [3.63, 3.8) is 0 Å². The summed E-state index contributed by atoms with van der Waals surface area (Å²) in [7, 11) is 0. The topological polar surface area (TPSA) is 79.5 Å². The third-order valence-corrected chi connectivity index (χ3v) is 3.44. The Morgan fingerprint density at radius 1 is 1.45 bits per heavy atom. The van der Waals surface area contributed by atoms with Crippen LogP contribution in [0.15, 0.2) is 6.20 Å². The summed E-state index contributed by atoms with van der Waals surface area (Å²) in [4.78, 5) is 17.3. The second-order valence-corrected chi connectivity index (χ2v) is 5.26. The smallest absolute Gasteiger partial charge is 0.278 e. The normalized spacial score (nSPS) is 11.3. The van der Waals surface area contributed by atoms with E-state index >= 15 is 0 Å². The first kappa shape index (κ1) is 16.5. The molecule has 0 aliphatic rings. The van der Waals surface area contributed by atoms with Crippen molar-refractivity contribution in [3.8, 4) is 0 Å². The van der Waals surface area contributed by atoms with E-state index in [0.29, 0.717) is 30.1 Å². The zero-order valence-corrected chi connectivity index (χ0v) is 12.6. The summed E-state index contributed by atoms with van der Waals surface area (Å²) in [6.07, 6.45) is 2.25. The Morgan fingerprint density at radius 3 is 2.60 bits per heavy atom. The Bertz CT molecular complexity index is 475. The van der Waals surface area contributed by atoms with Gasteiger partial charge in [0.25, 0.3) is 5.69 Å². The van der Waals surface area contributed by atoms with E-state index in [9.17, 15) is 10.1 Å². The monoisotopic (exact) mass is 281 g/mol. The predicted molar refractivity (Wildman–Crippen MR) is 77.6 cm³/mol. The van der Waals surface area contributed by atoms with Crippen LogP contribution in [0.5, 0.6) is 0 Å². The number of aliphatic hydroxyl groups is 1. The maximum absolute atomic E-state index is 11.1. The average Bonchev–Trinajstić information content (AvgIpc) is 2.36. The second kappa shape index (κ2) is 7.31. The summed E-state index contributed by atoms with van der Waals surface area (Å²) in [6, 6.07) is 0.295. The van der Waals surface area contributed by atoms with Crippen LogP contribution in [-0.2, 0) is 6.54 Å². The molecule has 1 rings (SSSR count). The fourth-order valence-corrected chi connectivity index (χ4v) is 2.19. The van der Waals surface area contributed by atoms with Crippen LogP contribution in [0.4, 0.5) is 5.69 Å². The van der Waals surface area contributed by atoms with Crippen molar-refractivity contribution >= 4 is 5.69 Å². The van der Waals surface area contributed by atoms with Crippen LogP contribution in [-0.4, -0.2) is 39.1 Å². The molecular weight excluding hydrogens is 258 g/mol. The lowest BCUT2D eigenvalue weighted by Crippen LogP contribution is -2.32. The Balaban J connectivity index is 3.01. The number of nitro groups is 1. The molecule has 1 heterocycles. The fourth-order valence-electron chi connectivity index (χ4n) is 2.19. The predicted octanol–water partition coefficient (Wildman–Crippen LogP) is 2.20. The molecule has 0 bridgehead atoms. The van der Waals surface area contributed by atoms with Gasteiger partial charge in [0.05, 0.1) is 10.6 Å². The molecule has 1 aromatic rings. The third kappa shape index (κ3) is 3.98. The van der Waals surface area contributed by atoms with Crippen LogP contribution in [0.25, 0.3) is 0 Å². The van der Waals surface area contributed by atoms with Crippen LogP contribution in [0.3, 0.4) is 0 Å². The molecule has 0 saturated heterocycles. The number of aromatic nitrogens is 1. The van der Waals surface area contributed by atoms with Gasteiger partial charge < -0.3 is 5.11 Å². The number of pyridine rings is 1. The van der Waals surface area contributed by atoms with E-state index < -0.39 is 0 Å². The van der Waals surface area contributed by atoms with Crippen LogP contribution in [0.1, 0.15) is 37.1 Å². The number of hydrogen-bond donors (Lipinski definition) is 1. The minimum Gasteiger partial charge on any atom is -0.396 e. The van der Waals surface area contributed by atoms with E-state index in [1.54, 1.807) is 20.0 Å². The Hall–Kier alpha value is -1.53. The van der Waals surface area contributed by atoms with Crippen molar-refractivity contribution in [2.24, 2.45) is 0 Å². The molecule has 0 atom stereocenters. The van der Waals surface area contributed by atoms with E-state index in [1.807, 2.05) is 0 Å². The molecule has 0 fully saturated rings. The molecule has 0 saturated carbocycles. The zero-order valence-electron chi connectivity index (χ0n) is 12.6. The van der Waals surface area contributed by atoms with Gasteiger partial charge in [0.2, 0.25) is 0 Å². The van der Waals surface area contributed by atoms with Crippen LogP contribution in [0.2, 0.25) is 0 Å².